The highest BCUT2D eigenvalue weighted by atomic mass is 35.5. The Bertz CT molecular complexity index is 1270. The van der Waals surface area contributed by atoms with Crippen LogP contribution in [0.3, 0.4) is 0 Å². The topological polar surface area (TPSA) is 58.2 Å². The first-order chi connectivity index (χ1) is 16.0. The molecule has 3 aromatic carbocycles. The Hall–Kier alpha value is -2.02. The van der Waals surface area contributed by atoms with Crippen molar-refractivity contribution < 1.29 is 14.0 Å². The molecular weight excluding hydrogens is 545 g/mol. The van der Waals surface area contributed by atoms with E-state index in [2.05, 4.69) is 10.6 Å². The minimum absolute atomic E-state index is 0.122. The predicted octanol–water partition coefficient (Wildman–Crippen LogP) is 7.87. The largest absolute Gasteiger partial charge is 0.326 e. The number of hydrogen-bond donors (Lipinski definition) is 2. The Kier molecular flexibility index (Phi) is 7.05. The summed E-state index contributed by atoms with van der Waals surface area (Å²) in [5.74, 6) is -2.67. The molecule has 10 heteroatoms. The molecule has 4 nitrogen and oxygen atoms in total. The number of hydrogen-bond acceptors (Lipinski definition) is 2. The van der Waals surface area contributed by atoms with E-state index in [-0.39, 0.29) is 10.6 Å². The zero-order valence-electron chi connectivity index (χ0n) is 17.4. The highest BCUT2D eigenvalue weighted by Crippen LogP contribution is 2.65. The van der Waals surface area contributed by atoms with E-state index >= 15 is 0 Å². The van der Waals surface area contributed by atoms with Crippen molar-refractivity contribution in [3.05, 3.63) is 92.2 Å². The lowest BCUT2D eigenvalue weighted by Gasteiger charge is -2.10. The predicted molar refractivity (Wildman–Crippen MR) is 136 cm³/mol. The van der Waals surface area contributed by atoms with Gasteiger partial charge in [-0.2, -0.15) is 0 Å². The van der Waals surface area contributed by atoms with Crippen molar-refractivity contribution in [1.82, 2.24) is 0 Å². The van der Waals surface area contributed by atoms with Crippen LogP contribution in [0.5, 0.6) is 0 Å². The number of halogens is 6. The monoisotopic (exact) mass is 558 g/mol. The lowest BCUT2D eigenvalue weighted by Crippen LogP contribution is -2.18. The summed E-state index contributed by atoms with van der Waals surface area (Å²) in [5.41, 5.74) is 2.21. The van der Waals surface area contributed by atoms with Crippen LogP contribution in [-0.4, -0.2) is 16.1 Å². The van der Waals surface area contributed by atoms with Gasteiger partial charge in [0, 0.05) is 27.3 Å². The highest BCUT2D eigenvalue weighted by Gasteiger charge is 2.67. The quantitative estimate of drug-likeness (QED) is 0.312. The first-order valence-electron chi connectivity index (χ1n) is 9.99. The number of amides is 2. The molecule has 1 saturated carbocycles. The molecule has 1 aliphatic rings. The first kappa shape index (κ1) is 25.1. The second-order valence-corrected chi connectivity index (χ2v) is 10.6. The van der Waals surface area contributed by atoms with Gasteiger partial charge >= 0.3 is 0 Å². The normalized spacial score (nSPS) is 18.3. The van der Waals surface area contributed by atoms with E-state index in [1.165, 1.54) is 36.4 Å². The van der Waals surface area contributed by atoms with Gasteiger partial charge in [-0.25, -0.2) is 4.39 Å². The van der Waals surface area contributed by atoms with E-state index < -0.39 is 33.8 Å². The molecule has 2 amide bonds. The highest BCUT2D eigenvalue weighted by molar-refractivity contribution is 6.53. The van der Waals surface area contributed by atoms with Gasteiger partial charge in [0.1, 0.15) is 10.2 Å². The maximum Gasteiger partial charge on any atom is 0.257 e. The number of anilines is 2. The van der Waals surface area contributed by atoms with E-state index in [0.29, 0.717) is 27.0 Å². The maximum atomic E-state index is 13.1. The molecule has 2 atom stereocenters. The van der Waals surface area contributed by atoms with Crippen LogP contribution in [0.15, 0.2) is 54.6 Å². The van der Waals surface area contributed by atoms with Gasteiger partial charge in [0.05, 0.1) is 16.5 Å². The van der Waals surface area contributed by atoms with Crippen molar-refractivity contribution >= 4 is 81.2 Å². The number of carbonyl (C=O) groups is 2. The Balaban J connectivity index is 1.51. The fourth-order valence-electron chi connectivity index (χ4n) is 3.64. The summed E-state index contributed by atoms with van der Waals surface area (Å²) in [6.07, 6.45) is 0. The summed E-state index contributed by atoms with van der Waals surface area (Å²) in [5, 5.41) is 6.44. The second-order valence-electron chi connectivity index (χ2n) is 7.88. The fourth-order valence-corrected chi connectivity index (χ4v) is 5.18. The summed E-state index contributed by atoms with van der Waals surface area (Å²) in [4.78, 5) is 25.7. The van der Waals surface area contributed by atoms with E-state index in [0.717, 1.165) is 5.56 Å². The third-order valence-corrected chi connectivity index (χ3v) is 7.63. The zero-order valence-corrected chi connectivity index (χ0v) is 21.2. The lowest BCUT2D eigenvalue weighted by molar-refractivity contribution is -0.117. The van der Waals surface area contributed by atoms with Crippen molar-refractivity contribution in [2.75, 3.05) is 10.6 Å². The Morgan fingerprint density at radius 1 is 0.853 bits per heavy atom. The van der Waals surface area contributed by atoms with Crippen LogP contribution in [0.25, 0.3) is 0 Å². The minimum atomic E-state index is -1.35. The molecule has 0 heterocycles. The molecule has 0 radical (unpaired) electrons. The van der Waals surface area contributed by atoms with Gasteiger partial charge in [-0.1, -0.05) is 34.8 Å². The summed E-state index contributed by atoms with van der Waals surface area (Å²) >= 11 is 31.5. The third kappa shape index (κ3) is 5.00. The molecule has 0 unspecified atom stereocenters. The van der Waals surface area contributed by atoms with Crippen molar-refractivity contribution in [2.24, 2.45) is 5.92 Å². The molecule has 0 aliphatic heterocycles. The Labute approximate surface area is 220 Å². The molecule has 1 fully saturated rings. The SMILES string of the molecule is Cc1c(Cl)cc([C@@H]2[C@@H](C(=O)Nc3ccc(Cl)c(C(=O)Nc4ccc(F)cc4)c3)C2(Cl)Cl)cc1Cl. The van der Waals surface area contributed by atoms with E-state index in [9.17, 15) is 14.0 Å². The average Bonchev–Trinajstić information content (AvgIpc) is 3.36. The van der Waals surface area contributed by atoms with Gasteiger partial charge in [-0.05, 0) is 72.6 Å². The van der Waals surface area contributed by atoms with Gasteiger partial charge in [-0.15, -0.1) is 23.2 Å². The number of alkyl halides is 2. The van der Waals surface area contributed by atoms with Crippen molar-refractivity contribution in [2.45, 2.75) is 17.2 Å². The maximum absolute atomic E-state index is 13.1. The summed E-state index contributed by atoms with van der Waals surface area (Å²) < 4.78 is 11.8. The molecular formula is C24H16Cl5FN2O2. The first-order valence-corrected chi connectivity index (χ1v) is 11.9. The molecule has 2 N–H and O–H groups in total. The molecule has 1 aliphatic carbocycles. The number of benzene rings is 3. The molecule has 34 heavy (non-hydrogen) atoms. The third-order valence-electron chi connectivity index (χ3n) is 5.58. The number of rotatable bonds is 5. The van der Waals surface area contributed by atoms with Crippen LogP contribution in [0, 0.1) is 18.7 Å². The number of nitrogens with one attached hydrogen (secondary N) is 2. The van der Waals surface area contributed by atoms with Gasteiger partial charge in [0.2, 0.25) is 5.91 Å². The van der Waals surface area contributed by atoms with E-state index in [1.807, 2.05) is 0 Å². The van der Waals surface area contributed by atoms with Crippen LogP contribution in [0.2, 0.25) is 15.1 Å². The summed E-state index contributed by atoms with van der Waals surface area (Å²) in [6.45, 7) is 1.78. The minimum Gasteiger partial charge on any atom is -0.326 e. The van der Waals surface area contributed by atoms with Gasteiger partial charge in [-0.3, -0.25) is 9.59 Å². The Morgan fingerprint density at radius 2 is 1.44 bits per heavy atom. The van der Waals surface area contributed by atoms with Crippen LogP contribution in [0.4, 0.5) is 15.8 Å². The van der Waals surface area contributed by atoms with Crippen molar-refractivity contribution in [3.8, 4) is 0 Å². The smallest absolute Gasteiger partial charge is 0.257 e. The van der Waals surface area contributed by atoms with Crippen LogP contribution >= 0.6 is 58.0 Å². The molecule has 176 valence electrons. The van der Waals surface area contributed by atoms with Crippen LogP contribution in [-0.2, 0) is 4.79 Å². The van der Waals surface area contributed by atoms with Crippen molar-refractivity contribution in [1.29, 1.82) is 0 Å². The molecule has 3 aromatic rings. The second kappa shape index (κ2) is 9.56. The van der Waals surface area contributed by atoms with Crippen molar-refractivity contribution in [3.63, 3.8) is 0 Å². The lowest BCUT2D eigenvalue weighted by atomic mass is 10.1. The van der Waals surface area contributed by atoms with Gasteiger partial charge in [0.15, 0.2) is 0 Å². The fraction of sp³-hybridized carbons (Fsp3) is 0.167. The average molecular weight is 561 g/mol. The molecule has 4 rings (SSSR count). The summed E-state index contributed by atoms with van der Waals surface area (Å²) in [6, 6.07) is 13.1. The standard InChI is InChI=1S/C24H16Cl5FN2O2/c1-11-18(26)8-12(9-19(11)27)20-21(24(20,28)29)23(34)32-15-6-7-17(25)16(10-15)22(33)31-14-4-2-13(30)3-5-14/h2-10,20-21H,1H3,(H,31,33)(H,32,34)/t20-,21+/m1/s1. The van der Waals surface area contributed by atoms with Crippen LogP contribution in [0.1, 0.15) is 27.4 Å². The zero-order chi connectivity index (χ0) is 24.8. The molecule has 0 aromatic heterocycles. The number of carbonyl (C=O) groups excluding carboxylic acids is 2. The molecule has 0 saturated heterocycles. The molecule has 0 spiro atoms. The van der Waals surface area contributed by atoms with Gasteiger partial charge < -0.3 is 10.6 Å². The van der Waals surface area contributed by atoms with Crippen LogP contribution < -0.4 is 10.6 Å². The molecule has 0 bridgehead atoms. The van der Waals surface area contributed by atoms with E-state index in [1.54, 1.807) is 25.1 Å². The summed E-state index contributed by atoms with van der Waals surface area (Å²) in [7, 11) is 0. The van der Waals surface area contributed by atoms with E-state index in [4.69, 9.17) is 58.0 Å². The van der Waals surface area contributed by atoms with Gasteiger partial charge in [0.25, 0.3) is 5.91 Å². The Morgan fingerprint density at radius 3 is 2.06 bits per heavy atom.